The minimum absolute atomic E-state index is 0.0811. The zero-order valence-corrected chi connectivity index (χ0v) is 16.2. The number of aromatic hydroxyl groups is 1. The van der Waals surface area contributed by atoms with Crippen LogP contribution in [0.5, 0.6) is 5.75 Å². The molecule has 6 heteroatoms. The van der Waals surface area contributed by atoms with E-state index in [1.807, 2.05) is 36.5 Å². The minimum atomic E-state index is 0.0811. The molecule has 6 nitrogen and oxygen atoms in total. The van der Waals surface area contributed by atoms with E-state index < -0.39 is 0 Å². The number of likely N-dealkylation sites (tertiary alicyclic amines) is 1. The third kappa shape index (κ3) is 2.52. The van der Waals surface area contributed by atoms with Crippen LogP contribution in [0, 0.1) is 5.92 Å². The van der Waals surface area contributed by atoms with Gasteiger partial charge in [-0.25, -0.2) is 4.52 Å². The number of fused-ring (bicyclic) bond motifs is 3. The average Bonchev–Trinajstić information content (AvgIpc) is 3.38. The van der Waals surface area contributed by atoms with Crippen molar-refractivity contribution in [2.45, 2.75) is 30.8 Å². The third-order valence-electron chi connectivity index (χ3n) is 7.21. The van der Waals surface area contributed by atoms with Crippen molar-refractivity contribution in [2.75, 3.05) is 19.6 Å². The topological polar surface area (TPSA) is 61.1 Å². The van der Waals surface area contributed by atoms with Crippen LogP contribution < -0.4 is 0 Å². The van der Waals surface area contributed by atoms with Gasteiger partial charge in [-0.3, -0.25) is 9.69 Å². The quantitative estimate of drug-likeness (QED) is 0.733. The summed E-state index contributed by atoms with van der Waals surface area (Å²) in [7, 11) is 0. The maximum atomic E-state index is 13.7. The summed E-state index contributed by atoms with van der Waals surface area (Å²) in [6.07, 6.45) is 5.90. The first kappa shape index (κ1) is 17.0. The number of amides is 1. The molecule has 1 N–H and O–H groups in total. The predicted molar refractivity (Wildman–Crippen MR) is 109 cm³/mol. The normalized spacial score (nSPS) is 30.6. The van der Waals surface area contributed by atoms with Gasteiger partial charge in [0.1, 0.15) is 5.75 Å². The van der Waals surface area contributed by atoms with Crippen LogP contribution in [0.15, 0.2) is 54.9 Å². The monoisotopic (exact) mass is 388 g/mol. The summed E-state index contributed by atoms with van der Waals surface area (Å²) in [5.74, 6) is 1.15. The zero-order valence-electron chi connectivity index (χ0n) is 16.2. The van der Waals surface area contributed by atoms with Crippen molar-refractivity contribution in [3.8, 4) is 5.75 Å². The number of hydrogen-bond acceptors (Lipinski definition) is 4. The first-order chi connectivity index (χ1) is 14.2. The molecule has 0 saturated carbocycles. The van der Waals surface area contributed by atoms with Crippen molar-refractivity contribution in [1.29, 1.82) is 0 Å². The third-order valence-corrected chi connectivity index (χ3v) is 7.21. The number of pyridine rings is 1. The van der Waals surface area contributed by atoms with Crippen molar-refractivity contribution in [2.24, 2.45) is 5.92 Å². The van der Waals surface area contributed by atoms with Crippen LogP contribution in [-0.4, -0.2) is 62.1 Å². The minimum Gasteiger partial charge on any atom is -0.508 e. The van der Waals surface area contributed by atoms with E-state index in [1.165, 1.54) is 0 Å². The lowest BCUT2D eigenvalue weighted by molar-refractivity contribution is -0.00335. The molecule has 4 aliphatic rings. The molecule has 3 unspecified atom stereocenters. The number of carbonyl (C=O) groups is 1. The van der Waals surface area contributed by atoms with Crippen LogP contribution in [-0.2, 0) is 0 Å². The second-order valence-electron chi connectivity index (χ2n) is 8.60. The van der Waals surface area contributed by atoms with Gasteiger partial charge in [-0.05, 0) is 61.7 Å². The van der Waals surface area contributed by atoms with Gasteiger partial charge in [0.25, 0.3) is 5.91 Å². The van der Waals surface area contributed by atoms with Gasteiger partial charge in [-0.1, -0.05) is 18.2 Å². The maximum Gasteiger partial charge on any atom is 0.258 e. The van der Waals surface area contributed by atoms with Crippen LogP contribution in [0.4, 0.5) is 0 Å². The Labute approximate surface area is 169 Å². The van der Waals surface area contributed by atoms with Crippen molar-refractivity contribution in [3.63, 3.8) is 0 Å². The first-order valence-corrected chi connectivity index (χ1v) is 10.5. The molecule has 148 valence electrons. The zero-order chi connectivity index (χ0) is 19.5. The van der Waals surface area contributed by atoms with Crippen LogP contribution >= 0.6 is 0 Å². The molecule has 0 spiro atoms. The molecule has 3 atom stereocenters. The van der Waals surface area contributed by atoms with Crippen LogP contribution in [0.25, 0.3) is 5.52 Å². The summed E-state index contributed by atoms with van der Waals surface area (Å²) >= 11 is 0. The Morgan fingerprint density at radius 3 is 2.76 bits per heavy atom. The fraction of sp³-hybridized carbons (Fsp3) is 0.391. The van der Waals surface area contributed by atoms with E-state index in [9.17, 15) is 9.90 Å². The molecular formula is C23H24N4O2. The van der Waals surface area contributed by atoms with E-state index in [2.05, 4.69) is 21.0 Å². The average molecular weight is 388 g/mol. The molecule has 3 aromatic rings. The maximum absolute atomic E-state index is 13.7. The smallest absolute Gasteiger partial charge is 0.258 e. The largest absolute Gasteiger partial charge is 0.508 e. The molecule has 7 rings (SSSR count). The van der Waals surface area contributed by atoms with Gasteiger partial charge < -0.3 is 10.0 Å². The number of rotatable bonds is 2. The number of phenolic OH excluding ortho intramolecular Hbond substituents is 1. The molecule has 2 aromatic heterocycles. The highest BCUT2D eigenvalue weighted by molar-refractivity contribution is 6.01. The van der Waals surface area contributed by atoms with Crippen LogP contribution in [0.1, 0.15) is 34.7 Å². The van der Waals surface area contributed by atoms with Crippen LogP contribution in [0.3, 0.4) is 0 Å². The van der Waals surface area contributed by atoms with Gasteiger partial charge in [0.05, 0.1) is 23.3 Å². The molecule has 2 bridgehead atoms. The number of nitrogens with zero attached hydrogens (tertiary/aromatic N) is 4. The summed E-state index contributed by atoms with van der Waals surface area (Å²) in [5, 5.41) is 14.4. The number of benzene rings is 1. The number of carbonyl (C=O) groups excluding carboxylic acids is 1. The Kier molecular flexibility index (Phi) is 3.71. The Balaban J connectivity index is 1.42. The Hall–Kier alpha value is -2.86. The van der Waals surface area contributed by atoms with Crippen molar-refractivity contribution in [3.05, 3.63) is 66.0 Å². The molecule has 1 aromatic carbocycles. The molecule has 0 radical (unpaired) electrons. The first-order valence-electron chi connectivity index (χ1n) is 10.5. The van der Waals surface area contributed by atoms with E-state index in [-0.39, 0.29) is 17.9 Å². The molecule has 1 amide bonds. The lowest BCUT2D eigenvalue weighted by atomic mass is 9.75. The van der Waals surface area contributed by atoms with E-state index in [0.29, 0.717) is 29.8 Å². The van der Waals surface area contributed by atoms with E-state index >= 15 is 0 Å². The number of aromatic nitrogens is 2. The van der Waals surface area contributed by atoms with Crippen molar-refractivity contribution in [1.82, 2.24) is 19.4 Å². The molecule has 0 aliphatic carbocycles. The highest BCUT2D eigenvalue weighted by Gasteiger charge is 2.54. The van der Waals surface area contributed by atoms with Gasteiger partial charge in [-0.2, -0.15) is 5.10 Å². The van der Waals surface area contributed by atoms with E-state index in [0.717, 1.165) is 37.0 Å². The lowest BCUT2D eigenvalue weighted by Crippen LogP contribution is -2.60. The molecular weight excluding hydrogens is 364 g/mol. The fourth-order valence-electron chi connectivity index (χ4n) is 5.96. The summed E-state index contributed by atoms with van der Waals surface area (Å²) in [6, 6.07) is 14.0. The summed E-state index contributed by atoms with van der Waals surface area (Å²) < 4.78 is 1.77. The highest BCUT2D eigenvalue weighted by atomic mass is 16.3. The van der Waals surface area contributed by atoms with Crippen molar-refractivity contribution < 1.29 is 9.90 Å². The molecule has 4 aliphatic heterocycles. The number of hydrogen-bond donors (Lipinski definition) is 1. The summed E-state index contributed by atoms with van der Waals surface area (Å²) in [5.41, 5.74) is 2.66. The van der Waals surface area contributed by atoms with Crippen LogP contribution in [0.2, 0.25) is 0 Å². The predicted octanol–water partition coefficient (Wildman–Crippen LogP) is 2.74. The standard InChI is InChI=1S/C23H24N4O2/c28-17-5-3-4-16(12-17)19-14-26(21-15-7-10-25(11-8-15)22(19)21)23(29)18-13-24-27-9-2-1-6-20(18)27/h1-6,9,12-13,15,19,21-22,28H,7-8,10-11,14H2. The summed E-state index contributed by atoms with van der Waals surface area (Å²) in [6.45, 7) is 2.91. The second-order valence-corrected chi connectivity index (χ2v) is 8.60. The number of phenols is 1. The van der Waals surface area contributed by atoms with E-state index in [4.69, 9.17) is 0 Å². The fourth-order valence-corrected chi connectivity index (χ4v) is 5.96. The Morgan fingerprint density at radius 2 is 1.93 bits per heavy atom. The van der Waals surface area contributed by atoms with Crippen molar-refractivity contribution >= 4 is 11.4 Å². The molecule has 4 saturated heterocycles. The van der Waals surface area contributed by atoms with Gasteiger partial charge in [0.15, 0.2) is 0 Å². The number of piperidine rings is 3. The summed E-state index contributed by atoms with van der Waals surface area (Å²) in [4.78, 5) is 18.4. The van der Waals surface area contributed by atoms with Gasteiger partial charge >= 0.3 is 0 Å². The van der Waals surface area contributed by atoms with E-state index in [1.54, 1.807) is 16.8 Å². The highest BCUT2D eigenvalue weighted by Crippen LogP contribution is 2.47. The lowest BCUT2D eigenvalue weighted by Gasteiger charge is -2.51. The Bertz CT molecular complexity index is 1090. The SMILES string of the molecule is O=C(c1cnn2ccccc12)N1CC(c2cccc(O)c2)C2C1C1CCN2CC1. The molecule has 29 heavy (non-hydrogen) atoms. The second kappa shape index (κ2) is 6.32. The molecule has 6 heterocycles. The Morgan fingerprint density at radius 1 is 1.07 bits per heavy atom. The van der Waals surface area contributed by atoms with Gasteiger partial charge in [0.2, 0.25) is 0 Å². The van der Waals surface area contributed by atoms with Gasteiger partial charge in [0, 0.05) is 24.7 Å². The molecule has 4 fully saturated rings. The van der Waals surface area contributed by atoms with Gasteiger partial charge in [-0.15, -0.1) is 0 Å².